The minimum absolute atomic E-state index is 0.154. The highest BCUT2D eigenvalue weighted by Crippen LogP contribution is 2.31. The van der Waals surface area contributed by atoms with E-state index in [9.17, 15) is 4.79 Å². The molecule has 7 heteroatoms. The number of benzene rings is 2. The number of aromatic nitrogens is 2. The van der Waals surface area contributed by atoms with Crippen molar-refractivity contribution in [2.45, 2.75) is 13.5 Å². The highest BCUT2D eigenvalue weighted by atomic mass is 35.5. The molecule has 0 spiro atoms. The van der Waals surface area contributed by atoms with Gasteiger partial charge in [-0.15, -0.1) is 11.3 Å². The fourth-order valence-corrected chi connectivity index (χ4v) is 4.00. The van der Waals surface area contributed by atoms with Crippen LogP contribution in [0.2, 0.25) is 5.02 Å². The normalized spacial score (nSPS) is 10.8. The van der Waals surface area contributed by atoms with E-state index in [1.54, 1.807) is 36.4 Å². The second-order valence-corrected chi connectivity index (χ2v) is 7.66. The van der Waals surface area contributed by atoms with Crippen LogP contribution in [0.5, 0.6) is 0 Å². The first-order valence-electron chi connectivity index (χ1n) is 8.46. The van der Waals surface area contributed by atoms with Crippen LogP contribution >= 0.6 is 22.9 Å². The summed E-state index contributed by atoms with van der Waals surface area (Å²) < 4.78 is 7.24. The lowest BCUT2D eigenvalue weighted by molar-refractivity contribution is 0.0478. The predicted molar refractivity (Wildman–Crippen MR) is 109 cm³/mol. The van der Waals surface area contributed by atoms with Gasteiger partial charge in [0.15, 0.2) is 0 Å². The number of nitriles is 1. The van der Waals surface area contributed by atoms with Crippen molar-refractivity contribution in [2.75, 3.05) is 0 Å². The maximum absolute atomic E-state index is 12.5. The van der Waals surface area contributed by atoms with Crippen molar-refractivity contribution in [1.82, 2.24) is 9.78 Å². The molecule has 0 saturated carbocycles. The van der Waals surface area contributed by atoms with Crippen LogP contribution in [0, 0.1) is 18.3 Å². The van der Waals surface area contributed by atoms with Crippen molar-refractivity contribution in [3.8, 4) is 11.8 Å². The summed E-state index contributed by atoms with van der Waals surface area (Å²) in [6.07, 6.45) is 0. The summed E-state index contributed by atoms with van der Waals surface area (Å²) in [7, 11) is 0. The Kier molecular flexibility index (Phi) is 4.86. The van der Waals surface area contributed by atoms with Crippen molar-refractivity contribution in [2.24, 2.45) is 0 Å². The zero-order chi connectivity index (χ0) is 19.7. The van der Waals surface area contributed by atoms with Gasteiger partial charge in [0.2, 0.25) is 0 Å². The Bertz CT molecular complexity index is 1200. The molecule has 138 valence electrons. The van der Waals surface area contributed by atoms with Crippen molar-refractivity contribution >= 4 is 39.1 Å². The quantitative estimate of drug-likeness (QED) is 0.432. The summed E-state index contributed by atoms with van der Waals surface area (Å²) in [5, 5.41) is 15.0. The first-order chi connectivity index (χ1) is 13.5. The van der Waals surface area contributed by atoms with E-state index in [0.717, 1.165) is 27.2 Å². The van der Waals surface area contributed by atoms with Crippen molar-refractivity contribution in [3.05, 3.63) is 81.3 Å². The second kappa shape index (κ2) is 7.47. The molecule has 5 nitrogen and oxygen atoms in total. The number of fused-ring (bicyclic) bond motifs is 1. The molecule has 4 aromatic rings. The fraction of sp³-hybridized carbons (Fsp3) is 0.0952. The van der Waals surface area contributed by atoms with Crippen LogP contribution in [0.15, 0.2) is 54.6 Å². The van der Waals surface area contributed by atoms with Gasteiger partial charge >= 0.3 is 5.97 Å². The van der Waals surface area contributed by atoms with Crippen LogP contribution in [-0.2, 0) is 11.3 Å². The molecule has 0 aliphatic carbocycles. The Balaban J connectivity index is 1.57. The van der Waals surface area contributed by atoms with Gasteiger partial charge in [-0.3, -0.25) is 0 Å². The molecule has 28 heavy (non-hydrogen) atoms. The van der Waals surface area contributed by atoms with E-state index in [-0.39, 0.29) is 12.6 Å². The van der Waals surface area contributed by atoms with E-state index in [1.807, 2.05) is 29.8 Å². The fourth-order valence-electron chi connectivity index (χ4n) is 2.80. The standard InChI is InChI=1S/C21H14ClN3O2S/c1-13-18-10-19(21(26)27-12-15-4-2-14(11-23)3-5-15)28-20(18)25(24-13)17-8-6-16(22)7-9-17/h2-10H,12H2,1H3. The molecule has 0 saturated heterocycles. The van der Waals surface area contributed by atoms with Crippen molar-refractivity contribution < 1.29 is 9.53 Å². The largest absolute Gasteiger partial charge is 0.457 e. The first kappa shape index (κ1) is 18.2. The molecule has 2 aromatic heterocycles. The Morgan fingerprint density at radius 2 is 1.93 bits per heavy atom. The van der Waals surface area contributed by atoms with Gasteiger partial charge in [0.1, 0.15) is 16.3 Å². The second-order valence-electron chi connectivity index (χ2n) is 6.19. The van der Waals surface area contributed by atoms with Crippen LogP contribution < -0.4 is 0 Å². The van der Waals surface area contributed by atoms with Gasteiger partial charge in [0, 0.05) is 10.4 Å². The van der Waals surface area contributed by atoms with E-state index in [2.05, 4.69) is 11.2 Å². The summed E-state index contributed by atoms with van der Waals surface area (Å²) in [5.41, 5.74) is 3.12. The molecule has 0 aliphatic rings. The number of ether oxygens (including phenoxy) is 1. The minimum Gasteiger partial charge on any atom is -0.457 e. The van der Waals surface area contributed by atoms with E-state index in [4.69, 9.17) is 21.6 Å². The number of esters is 1. The van der Waals surface area contributed by atoms with Gasteiger partial charge < -0.3 is 4.74 Å². The maximum atomic E-state index is 12.5. The third-order valence-electron chi connectivity index (χ3n) is 4.27. The topological polar surface area (TPSA) is 67.9 Å². The molecule has 0 fully saturated rings. The van der Waals surface area contributed by atoms with Gasteiger partial charge in [-0.1, -0.05) is 23.7 Å². The lowest BCUT2D eigenvalue weighted by Gasteiger charge is -2.04. The third kappa shape index (κ3) is 3.50. The van der Waals surface area contributed by atoms with Gasteiger partial charge in [0.05, 0.1) is 23.0 Å². The van der Waals surface area contributed by atoms with Gasteiger partial charge in [-0.05, 0) is 55.0 Å². The molecule has 0 unspecified atom stereocenters. The summed E-state index contributed by atoms with van der Waals surface area (Å²) in [5.74, 6) is -0.382. The number of aryl methyl sites for hydroxylation is 1. The van der Waals surface area contributed by atoms with E-state index < -0.39 is 0 Å². The SMILES string of the molecule is Cc1nn(-c2ccc(Cl)cc2)c2sc(C(=O)OCc3ccc(C#N)cc3)cc12. The first-order valence-corrected chi connectivity index (χ1v) is 9.66. The summed E-state index contributed by atoms with van der Waals surface area (Å²) in [6, 6.07) is 18.2. The van der Waals surface area contributed by atoms with Crippen molar-refractivity contribution in [1.29, 1.82) is 5.26 Å². The monoisotopic (exact) mass is 407 g/mol. The Labute approximate surface area is 170 Å². The molecule has 2 aromatic carbocycles. The van der Waals surface area contributed by atoms with Gasteiger partial charge in [0.25, 0.3) is 0 Å². The van der Waals surface area contributed by atoms with Crippen LogP contribution in [-0.4, -0.2) is 15.7 Å². The maximum Gasteiger partial charge on any atom is 0.348 e. The number of thiophene rings is 1. The molecule has 0 radical (unpaired) electrons. The lowest BCUT2D eigenvalue weighted by Crippen LogP contribution is -2.03. The van der Waals surface area contributed by atoms with E-state index >= 15 is 0 Å². The summed E-state index contributed by atoms with van der Waals surface area (Å²) in [6.45, 7) is 2.06. The van der Waals surface area contributed by atoms with Crippen molar-refractivity contribution in [3.63, 3.8) is 0 Å². The van der Waals surface area contributed by atoms with Crippen LogP contribution in [0.4, 0.5) is 0 Å². The minimum atomic E-state index is -0.382. The lowest BCUT2D eigenvalue weighted by atomic mass is 10.2. The average Bonchev–Trinajstić information content (AvgIpc) is 3.28. The number of carbonyl (C=O) groups is 1. The smallest absolute Gasteiger partial charge is 0.348 e. The van der Waals surface area contributed by atoms with E-state index in [0.29, 0.717) is 15.5 Å². The molecule has 0 N–H and O–H groups in total. The third-order valence-corrected chi connectivity index (χ3v) is 5.61. The number of nitrogens with zero attached hydrogens (tertiary/aromatic N) is 3. The average molecular weight is 408 g/mol. The molecule has 0 bridgehead atoms. The van der Waals surface area contributed by atoms with E-state index in [1.165, 1.54) is 11.3 Å². The van der Waals surface area contributed by atoms with Crippen LogP contribution in [0.1, 0.15) is 26.5 Å². The van der Waals surface area contributed by atoms with Crippen LogP contribution in [0.3, 0.4) is 0 Å². The molecule has 0 amide bonds. The Morgan fingerprint density at radius 1 is 1.21 bits per heavy atom. The Morgan fingerprint density at radius 3 is 2.61 bits per heavy atom. The molecule has 0 aliphatic heterocycles. The highest BCUT2D eigenvalue weighted by molar-refractivity contribution is 7.20. The number of hydrogen-bond donors (Lipinski definition) is 0. The molecular weight excluding hydrogens is 394 g/mol. The highest BCUT2D eigenvalue weighted by Gasteiger charge is 2.18. The van der Waals surface area contributed by atoms with Gasteiger partial charge in [-0.25, -0.2) is 9.48 Å². The molecule has 0 atom stereocenters. The predicted octanol–water partition coefficient (Wildman–Crippen LogP) is 5.28. The zero-order valence-electron chi connectivity index (χ0n) is 14.8. The number of rotatable bonds is 4. The summed E-state index contributed by atoms with van der Waals surface area (Å²) >= 11 is 7.31. The molecular formula is C21H14ClN3O2S. The van der Waals surface area contributed by atoms with Crippen LogP contribution in [0.25, 0.3) is 15.9 Å². The summed E-state index contributed by atoms with van der Waals surface area (Å²) in [4.78, 5) is 13.9. The Hall–Kier alpha value is -3.14. The number of halogens is 1. The molecule has 2 heterocycles. The molecule has 4 rings (SSSR count). The number of hydrogen-bond acceptors (Lipinski definition) is 5. The van der Waals surface area contributed by atoms with Gasteiger partial charge in [-0.2, -0.15) is 10.4 Å². The zero-order valence-corrected chi connectivity index (χ0v) is 16.4. The number of carbonyl (C=O) groups excluding carboxylic acids is 1.